The summed E-state index contributed by atoms with van der Waals surface area (Å²) in [7, 11) is 0. The highest BCUT2D eigenvalue weighted by atomic mass is 19.4. The van der Waals surface area contributed by atoms with E-state index in [9.17, 15) is 17.6 Å². The van der Waals surface area contributed by atoms with Crippen molar-refractivity contribution in [1.82, 2.24) is 4.90 Å². The first-order chi connectivity index (χ1) is 16.2. The van der Waals surface area contributed by atoms with Crippen molar-refractivity contribution in [2.24, 2.45) is 0 Å². The average Bonchev–Trinajstić information content (AvgIpc) is 2.80. The van der Waals surface area contributed by atoms with Gasteiger partial charge in [0, 0.05) is 13.1 Å². The minimum Gasteiger partial charge on any atom is -0.349 e. The van der Waals surface area contributed by atoms with Crippen molar-refractivity contribution in [3.63, 3.8) is 0 Å². The monoisotopic (exact) mass is 473 g/mol. The molecular weight excluding hydrogens is 446 g/mol. The Bertz CT molecular complexity index is 1090. The highest BCUT2D eigenvalue weighted by Gasteiger charge is 2.36. The van der Waals surface area contributed by atoms with Gasteiger partial charge in [0.2, 0.25) is 0 Å². The van der Waals surface area contributed by atoms with Gasteiger partial charge in [0.05, 0.1) is 24.3 Å². The van der Waals surface area contributed by atoms with E-state index in [-0.39, 0.29) is 11.9 Å². The molecule has 0 aromatic heterocycles. The molecular formula is C27H27F4NO2. The zero-order valence-electron chi connectivity index (χ0n) is 19.1. The van der Waals surface area contributed by atoms with Crippen molar-refractivity contribution in [2.45, 2.75) is 45.0 Å². The highest BCUT2D eigenvalue weighted by Crippen LogP contribution is 2.37. The fourth-order valence-electron chi connectivity index (χ4n) is 4.32. The van der Waals surface area contributed by atoms with E-state index < -0.39 is 24.1 Å². The van der Waals surface area contributed by atoms with E-state index in [1.54, 1.807) is 32.0 Å². The second-order valence-electron chi connectivity index (χ2n) is 8.60. The molecule has 0 N–H and O–H groups in total. The molecule has 7 heteroatoms. The fraction of sp³-hybridized carbons (Fsp3) is 0.333. The van der Waals surface area contributed by atoms with Gasteiger partial charge in [-0.2, -0.15) is 13.2 Å². The summed E-state index contributed by atoms with van der Waals surface area (Å²) in [5.74, 6) is -0.347. The van der Waals surface area contributed by atoms with Gasteiger partial charge in [-0.25, -0.2) is 4.39 Å². The molecule has 0 aliphatic carbocycles. The number of alkyl halides is 3. The molecule has 180 valence electrons. The molecule has 3 aromatic carbocycles. The molecule has 0 spiro atoms. The molecule has 1 aliphatic rings. The van der Waals surface area contributed by atoms with Crippen molar-refractivity contribution in [1.29, 1.82) is 0 Å². The highest BCUT2D eigenvalue weighted by molar-refractivity contribution is 5.32. The van der Waals surface area contributed by atoms with Crippen LogP contribution in [0.3, 0.4) is 0 Å². The first-order valence-corrected chi connectivity index (χ1v) is 11.2. The smallest absolute Gasteiger partial charge is 0.349 e. The summed E-state index contributed by atoms with van der Waals surface area (Å²) in [6.07, 6.45) is -5.83. The molecule has 1 saturated heterocycles. The topological polar surface area (TPSA) is 21.7 Å². The Hall–Kier alpha value is -2.74. The van der Waals surface area contributed by atoms with Gasteiger partial charge in [0.25, 0.3) is 0 Å². The van der Waals surface area contributed by atoms with Crippen molar-refractivity contribution < 1.29 is 27.0 Å². The second kappa shape index (κ2) is 10.3. The summed E-state index contributed by atoms with van der Waals surface area (Å²) in [5, 5.41) is 0. The van der Waals surface area contributed by atoms with Gasteiger partial charge in [-0.1, -0.05) is 54.1 Å². The lowest BCUT2D eigenvalue weighted by atomic mass is 10.0. The molecule has 0 unspecified atom stereocenters. The number of rotatable bonds is 6. The molecule has 34 heavy (non-hydrogen) atoms. The number of ether oxygens (including phenoxy) is 2. The lowest BCUT2D eigenvalue weighted by Gasteiger charge is -2.42. The van der Waals surface area contributed by atoms with Crippen LogP contribution in [0, 0.1) is 12.7 Å². The predicted molar refractivity (Wildman–Crippen MR) is 121 cm³/mol. The number of hydrogen-bond acceptors (Lipinski definition) is 3. The van der Waals surface area contributed by atoms with E-state index >= 15 is 0 Å². The summed E-state index contributed by atoms with van der Waals surface area (Å²) >= 11 is 0. The van der Waals surface area contributed by atoms with Crippen LogP contribution in [0.1, 0.15) is 46.9 Å². The molecule has 0 amide bonds. The van der Waals surface area contributed by atoms with Gasteiger partial charge in [-0.3, -0.25) is 4.90 Å². The lowest BCUT2D eigenvalue weighted by Crippen LogP contribution is -2.46. The summed E-state index contributed by atoms with van der Waals surface area (Å²) in [6.45, 7) is 5.02. The average molecular weight is 474 g/mol. The number of aryl methyl sites for hydroxylation is 1. The van der Waals surface area contributed by atoms with Crippen LogP contribution < -0.4 is 0 Å². The third-order valence-electron chi connectivity index (χ3n) is 5.99. The molecule has 4 rings (SSSR count). The summed E-state index contributed by atoms with van der Waals surface area (Å²) in [4.78, 5) is 2.20. The van der Waals surface area contributed by atoms with Gasteiger partial charge in [-0.05, 0) is 54.8 Å². The molecule has 3 atom stereocenters. The molecule has 3 aromatic rings. The Kier molecular flexibility index (Phi) is 7.36. The fourth-order valence-corrected chi connectivity index (χ4v) is 4.32. The predicted octanol–water partition coefficient (Wildman–Crippen LogP) is 6.83. The summed E-state index contributed by atoms with van der Waals surface area (Å²) in [6, 6.07) is 19.7. The number of halogens is 4. The maximum Gasteiger partial charge on any atom is 0.416 e. The van der Waals surface area contributed by atoms with Crippen LogP contribution in [0.25, 0.3) is 0 Å². The van der Waals surface area contributed by atoms with Crippen LogP contribution in [-0.2, 0) is 22.2 Å². The zero-order valence-corrected chi connectivity index (χ0v) is 19.1. The molecule has 0 radical (unpaired) electrons. The van der Waals surface area contributed by atoms with Gasteiger partial charge < -0.3 is 9.47 Å². The molecule has 1 aliphatic heterocycles. The Morgan fingerprint density at radius 3 is 2.41 bits per heavy atom. The van der Waals surface area contributed by atoms with Gasteiger partial charge in [-0.15, -0.1) is 0 Å². The standard InChI is InChI=1S/C27H27F4NO2/c1-18-14-22(16-23(15-18)27(29,30)31)19(2)34-26-25(21-8-10-24(28)11-9-21)32(12-13-33-26)17-20-6-4-3-5-7-20/h3-11,14-16,19,25-26H,12-13,17H2,1-2H3/t19-,25-,26-/m1/s1. The Balaban J connectivity index is 1.62. The van der Waals surface area contributed by atoms with E-state index in [1.165, 1.54) is 12.1 Å². The minimum absolute atomic E-state index is 0.347. The summed E-state index contributed by atoms with van der Waals surface area (Å²) in [5.41, 5.74) is 2.15. The van der Waals surface area contributed by atoms with Gasteiger partial charge in [0.1, 0.15) is 5.82 Å². The van der Waals surface area contributed by atoms with Crippen LogP contribution >= 0.6 is 0 Å². The molecule has 3 nitrogen and oxygen atoms in total. The Morgan fingerprint density at radius 1 is 1.03 bits per heavy atom. The van der Waals surface area contributed by atoms with Crippen LogP contribution in [0.5, 0.6) is 0 Å². The van der Waals surface area contributed by atoms with Crippen LogP contribution in [0.4, 0.5) is 17.6 Å². The van der Waals surface area contributed by atoms with E-state index in [0.717, 1.165) is 23.3 Å². The quantitative estimate of drug-likeness (QED) is 0.366. The van der Waals surface area contributed by atoms with Crippen LogP contribution in [0.2, 0.25) is 0 Å². The maximum atomic E-state index is 13.6. The molecule has 1 fully saturated rings. The Morgan fingerprint density at radius 2 is 1.74 bits per heavy atom. The van der Waals surface area contributed by atoms with Crippen LogP contribution in [-0.4, -0.2) is 24.3 Å². The van der Waals surface area contributed by atoms with Crippen molar-refractivity contribution in [3.05, 3.63) is 106 Å². The van der Waals surface area contributed by atoms with Gasteiger partial charge in [0.15, 0.2) is 6.29 Å². The van der Waals surface area contributed by atoms with Crippen molar-refractivity contribution >= 4 is 0 Å². The van der Waals surface area contributed by atoms with E-state index in [0.29, 0.717) is 30.8 Å². The number of morpholine rings is 1. The molecule has 0 saturated carbocycles. The lowest BCUT2D eigenvalue weighted by molar-refractivity contribution is -0.231. The van der Waals surface area contributed by atoms with E-state index in [1.807, 2.05) is 30.3 Å². The Labute approximate surface area is 196 Å². The maximum absolute atomic E-state index is 13.6. The minimum atomic E-state index is -4.44. The second-order valence-corrected chi connectivity index (χ2v) is 8.60. The number of nitrogens with zero attached hydrogens (tertiary/aromatic N) is 1. The van der Waals surface area contributed by atoms with E-state index in [4.69, 9.17) is 9.47 Å². The zero-order chi connectivity index (χ0) is 24.3. The van der Waals surface area contributed by atoms with Gasteiger partial charge >= 0.3 is 6.18 Å². The number of hydrogen-bond donors (Lipinski definition) is 0. The van der Waals surface area contributed by atoms with E-state index in [2.05, 4.69) is 4.90 Å². The SMILES string of the molecule is Cc1cc([C@@H](C)O[C@H]2OCCN(Cc3ccccc3)[C@@H]2c2ccc(F)cc2)cc(C(F)(F)F)c1. The first-order valence-electron chi connectivity index (χ1n) is 11.2. The van der Waals surface area contributed by atoms with Crippen molar-refractivity contribution in [3.8, 4) is 0 Å². The summed E-state index contributed by atoms with van der Waals surface area (Å²) < 4.78 is 65.9. The third kappa shape index (κ3) is 5.84. The first kappa shape index (κ1) is 24.4. The number of benzene rings is 3. The molecule has 1 heterocycles. The van der Waals surface area contributed by atoms with Crippen molar-refractivity contribution in [2.75, 3.05) is 13.2 Å². The largest absolute Gasteiger partial charge is 0.416 e. The normalized spacial score (nSPS) is 20.3. The molecule has 0 bridgehead atoms. The van der Waals surface area contributed by atoms with Crippen LogP contribution in [0.15, 0.2) is 72.8 Å². The third-order valence-corrected chi connectivity index (χ3v) is 5.99.